The standard InChI is InChI=1S/C25H25N5O2/c26-17-9-11-18(12-10-17)30-25-22-21(14-27-24(22)28-15-29-25)23(31)16-5-4-8-20(13-16)32-19-6-2-1-3-7-19/h1-8,13-15,17-18H,9-12,26H2,(H2,27,28,29,30)/t17-,18+. The number of carbonyl (C=O) groups excluding carboxylic acids is 1. The lowest BCUT2D eigenvalue weighted by molar-refractivity contribution is 0.104. The normalized spacial score (nSPS) is 18.4. The highest BCUT2D eigenvalue weighted by atomic mass is 16.5. The summed E-state index contributed by atoms with van der Waals surface area (Å²) in [6, 6.07) is 17.3. The van der Waals surface area contributed by atoms with E-state index in [1.165, 1.54) is 6.33 Å². The van der Waals surface area contributed by atoms with Gasteiger partial charge in [-0.2, -0.15) is 0 Å². The zero-order chi connectivity index (χ0) is 21.9. The minimum absolute atomic E-state index is 0.113. The molecule has 0 unspecified atom stereocenters. The Morgan fingerprint density at radius 2 is 1.78 bits per heavy atom. The first-order valence-electron chi connectivity index (χ1n) is 10.9. The zero-order valence-electron chi connectivity index (χ0n) is 17.6. The Labute approximate surface area is 186 Å². The molecule has 1 saturated carbocycles. The van der Waals surface area contributed by atoms with Crippen molar-refractivity contribution in [2.75, 3.05) is 5.32 Å². The lowest BCUT2D eigenvalue weighted by Crippen LogP contribution is -2.33. The van der Waals surface area contributed by atoms with Gasteiger partial charge in [0.2, 0.25) is 0 Å². The van der Waals surface area contributed by atoms with Crippen LogP contribution >= 0.6 is 0 Å². The molecule has 162 valence electrons. The summed E-state index contributed by atoms with van der Waals surface area (Å²) in [6.07, 6.45) is 7.16. The summed E-state index contributed by atoms with van der Waals surface area (Å²) in [7, 11) is 0. The van der Waals surface area contributed by atoms with Crippen molar-refractivity contribution in [3.05, 3.63) is 78.2 Å². The molecular formula is C25H25N5O2. The summed E-state index contributed by atoms with van der Waals surface area (Å²) < 4.78 is 5.90. The van der Waals surface area contributed by atoms with Gasteiger partial charge < -0.3 is 20.8 Å². The fourth-order valence-corrected chi connectivity index (χ4v) is 4.19. The molecule has 4 aromatic rings. The van der Waals surface area contributed by atoms with Crippen molar-refractivity contribution in [3.8, 4) is 11.5 Å². The van der Waals surface area contributed by atoms with Crippen LogP contribution < -0.4 is 15.8 Å². The van der Waals surface area contributed by atoms with E-state index in [2.05, 4.69) is 20.3 Å². The molecule has 0 atom stereocenters. The molecule has 0 radical (unpaired) electrons. The van der Waals surface area contributed by atoms with E-state index >= 15 is 0 Å². The monoisotopic (exact) mass is 427 g/mol. The van der Waals surface area contributed by atoms with Gasteiger partial charge in [0, 0.05) is 23.8 Å². The second-order valence-corrected chi connectivity index (χ2v) is 8.18. The quantitative estimate of drug-likeness (QED) is 0.386. The van der Waals surface area contributed by atoms with Gasteiger partial charge in [0.25, 0.3) is 0 Å². The number of aromatic nitrogens is 3. The van der Waals surface area contributed by atoms with Crippen molar-refractivity contribution >= 4 is 22.6 Å². The van der Waals surface area contributed by atoms with Crippen LogP contribution in [-0.2, 0) is 0 Å². The van der Waals surface area contributed by atoms with Crippen molar-refractivity contribution in [3.63, 3.8) is 0 Å². The maximum Gasteiger partial charge on any atom is 0.195 e. The van der Waals surface area contributed by atoms with Gasteiger partial charge in [-0.05, 0) is 49.9 Å². The highest BCUT2D eigenvalue weighted by Gasteiger charge is 2.23. The lowest BCUT2D eigenvalue weighted by Gasteiger charge is -2.27. The Balaban J connectivity index is 1.43. The predicted octanol–water partition coefficient (Wildman–Crippen LogP) is 4.66. The third kappa shape index (κ3) is 4.20. The number of hydrogen-bond donors (Lipinski definition) is 3. The molecule has 5 rings (SSSR count). The number of para-hydroxylation sites is 1. The average Bonchev–Trinajstić information content (AvgIpc) is 3.26. The van der Waals surface area contributed by atoms with Crippen LogP contribution in [0.4, 0.5) is 5.82 Å². The van der Waals surface area contributed by atoms with Crippen molar-refractivity contribution in [2.24, 2.45) is 5.73 Å². The molecule has 0 aliphatic heterocycles. The predicted molar refractivity (Wildman–Crippen MR) is 124 cm³/mol. The van der Waals surface area contributed by atoms with E-state index in [0.29, 0.717) is 33.7 Å². The number of H-pyrrole nitrogens is 1. The molecular weight excluding hydrogens is 402 g/mol. The number of nitrogens with two attached hydrogens (primary N) is 1. The van der Waals surface area contributed by atoms with E-state index in [4.69, 9.17) is 10.5 Å². The van der Waals surface area contributed by atoms with Crippen molar-refractivity contribution in [2.45, 2.75) is 37.8 Å². The van der Waals surface area contributed by atoms with E-state index in [9.17, 15) is 4.79 Å². The lowest BCUT2D eigenvalue weighted by atomic mass is 9.92. The molecule has 0 bridgehead atoms. The van der Waals surface area contributed by atoms with Crippen LogP contribution in [0.5, 0.6) is 11.5 Å². The number of aromatic amines is 1. The van der Waals surface area contributed by atoms with Gasteiger partial charge in [0.1, 0.15) is 29.3 Å². The molecule has 1 fully saturated rings. The molecule has 2 heterocycles. The summed E-state index contributed by atoms with van der Waals surface area (Å²) in [5.74, 6) is 1.89. The molecule has 0 saturated heterocycles. The number of nitrogens with zero attached hydrogens (tertiary/aromatic N) is 2. The van der Waals surface area contributed by atoms with Gasteiger partial charge in [-0.15, -0.1) is 0 Å². The molecule has 32 heavy (non-hydrogen) atoms. The number of fused-ring (bicyclic) bond motifs is 1. The molecule has 4 N–H and O–H groups in total. The molecule has 1 aliphatic rings. The summed E-state index contributed by atoms with van der Waals surface area (Å²) in [5.41, 5.74) is 7.75. The average molecular weight is 428 g/mol. The van der Waals surface area contributed by atoms with Crippen LogP contribution in [0.25, 0.3) is 11.0 Å². The second-order valence-electron chi connectivity index (χ2n) is 8.18. The van der Waals surface area contributed by atoms with E-state index in [1.807, 2.05) is 42.5 Å². The third-order valence-electron chi connectivity index (χ3n) is 5.90. The molecule has 1 aliphatic carbocycles. The van der Waals surface area contributed by atoms with E-state index in [0.717, 1.165) is 31.4 Å². The second kappa shape index (κ2) is 8.80. The summed E-state index contributed by atoms with van der Waals surface area (Å²) in [4.78, 5) is 25.3. The van der Waals surface area contributed by atoms with Gasteiger partial charge in [-0.1, -0.05) is 30.3 Å². The molecule has 7 nitrogen and oxygen atoms in total. The SMILES string of the molecule is N[C@H]1CC[C@@H](Nc2ncnc3[nH]cc(C(=O)c4cccc(Oc5ccccc5)c4)c23)CC1. The van der Waals surface area contributed by atoms with E-state index in [1.54, 1.807) is 18.3 Å². The Kier molecular flexibility index (Phi) is 5.56. The number of carbonyl (C=O) groups is 1. The van der Waals surface area contributed by atoms with Gasteiger partial charge in [0.05, 0.1) is 10.9 Å². The Bertz CT molecular complexity index is 1230. The summed E-state index contributed by atoms with van der Waals surface area (Å²) >= 11 is 0. The minimum atomic E-state index is -0.113. The van der Waals surface area contributed by atoms with Crippen LogP contribution in [0, 0.1) is 0 Å². The number of ether oxygens (including phenoxy) is 1. The fraction of sp³-hybridized carbons (Fsp3) is 0.240. The summed E-state index contributed by atoms with van der Waals surface area (Å²) in [6.45, 7) is 0. The van der Waals surface area contributed by atoms with Gasteiger partial charge in [-0.3, -0.25) is 4.79 Å². The number of hydrogen-bond acceptors (Lipinski definition) is 6. The third-order valence-corrected chi connectivity index (χ3v) is 5.90. The molecule has 2 aromatic heterocycles. The van der Waals surface area contributed by atoms with Gasteiger partial charge in [0.15, 0.2) is 5.78 Å². The Morgan fingerprint density at radius 1 is 1.00 bits per heavy atom. The Hall–Kier alpha value is -3.71. The van der Waals surface area contributed by atoms with Gasteiger partial charge in [-0.25, -0.2) is 9.97 Å². The number of rotatable bonds is 6. The summed E-state index contributed by atoms with van der Waals surface area (Å²) in [5, 5.41) is 4.23. The van der Waals surface area contributed by atoms with Crippen molar-refractivity contribution in [1.29, 1.82) is 0 Å². The number of nitrogens with one attached hydrogen (secondary N) is 2. The maximum absolute atomic E-state index is 13.4. The first kappa shape index (κ1) is 20.2. The first-order chi connectivity index (χ1) is 15.7. The molecule has 2 aromatic carbocycles. The van der Waals surface area contributed by atoms with Crippen LogP contribution in [0.15, 0.2) is 67.1 Å². The number of anilines is 1. The minimum Gasteiger partial charge on any atom is -0.457 e. The van der Waals surface area contributed by atoms with Crippen LogP contribution in [0.1, 0.15) is 41.6 Å². The maximum atomic E-state index is 13.4. The highest BCUT2D eigenvalue weighted by Crippen LogP contribution is 2.29. The van der Waals surface area contributed by atoms with Gasteiger partial charge >= 0.3 is 0 Å². The number of ketones is 1. The smallest absolute Gasteiger partial charge is 0.195 e. The highest BCUT2D eigenvalue weighted by molar-refractivity contribution is 6.18. The first-order valence-corrected chi connectivity index (χ1v) is 10.9. The van der Waals surface area contributed by atoms with Crippen LogP contribution in [-0.4, -0.2) is 32.8 Å². The van der Waals surface area contributed by atoms with Crippen LogP contribution in [0.3, 0.4) is 0 Å². The van der Waals surface area contributed by atoms with Crippen molar-refractivity contribution < 1.29 is 9.53 Å². The molecule has 0 spiro atoms. The Morgan fingerprint density at radius 3 is 2.59 bits per heavy atom. The molecule has 7 heteroatoms. The van der Waals surface area contributed by atoms with E-state index in [-0.39, 0.29) is 17.9 Å². The fourth-order valence-electron chi connectivity index (χ4n) is 4.19. The van der Waals surface area contributed by atoms with E-state index < -0.39 is 0 Å². The largest absolute Gasteiger partial charge is 0.457 e. The zero-order valence-corrected chi connectivity index (χ0v) is 17.6. The molecule has 0 amide bonds. The topological polar surface area (TPSA) is 106 Å². The van der Waals surface area contributed by atoms with Crippen molar-refractivity contribution in [1.82, 2.24) is 15.0 Å². The number of benzene rings is 2. The van der Waals surface area contributed by atoms with Crippen LogP contribution in [0.2, 0.25) is 0 Å².